The number of benzene rings is 2. The van der Waals surface area contributed by atoms with Gasteiger partial charge in [-0.15, -0.1) is 0 Å². The monoisotopic (exact) mass is 474 g/mol. The molecule has 1 saturated carbocycles. The minimum absolute atomic E-state index is 0.000677. The van der Waals surface area contributed by atoms with Crippen molar-refractivity contribution in [2.45, 2.75) is 63.2 Å². The fourth-order valence-electron chi connectivity index (χ4n) is 4.96. The molecule has 7 heteroatoms. The normalized spacial score (nSPS) is 14.6. The Hall–Kier alpha value is -3.06. The van der Waals surface area contributed by atoms with Crippen LogP contribution in [-0.4, -0.2) is 31.8 Å². The second-order valence-corrected chi connectivity index (χ2v) is 9.87. The molecule has 0 spiro atoms. The molecule has 0 atom stereocenters. The lowest BCUT2D eigenvalue weighted by Gasteiger charge is -2.22. The van der Waals surface area contributed by atoms with Crippen molar-refractivity contribution in [2.24, 2.45) is 0 Å². The largest absolute Gasteiger partial charge is 0.353 e. The summed E-state index contributed by atoms with van der Waals surface area (Å²) in [5.74, 6) is 0.230. The molecule has 34 heavy (non-hydrogen) atoms. The van der Waals surface area contributed by atoms with Crippen LogP contribution in [0.5, 0.6) is 0 Å². The van der Waals surface area contributed by atoms with Gasteiger partial charge < -0.3 is 9.88 Å². The van der Waals surface area contributed by atoms with E-state index in [0.29, 0.717) is 16.2 Å². The van der Waals surface area contributed by atoms with Gasteiger partial charge in [-0.2, -0.15) is 0 Å². The Morgan fingerprint density at radius 2 is 1.79 bits per heavy atom. The van der Waals surface area contributed by atoms with Crippen LogP contribution in [0.4, 0.5) is 0 Å². The molecule has 0 aliphatic heterocycles. The van der Waals surface area contributed by atoms with Gasteiger partial charge in [0.15, 0.2) is 5.16 Å². The van der Waals surface area contributed by atoms with Gasteiger partial charge in [-0.1, -0.05) is 74.3 Å². The number of aromatic nitrogens is 3. The molecule has 176 valence electrons. The second-order valence-electron chi connectivity index (χ2n) is 8.93. The number of carbonyl (C=O) groups is 1. The lowest BCUT2D eigenvalue weighted by atomic mass is 9.95. The van der Waals surface area contributed by atoms with Gasteiger partial charge in [-0.05, 0) is 37.5 Å². The molecule has 1 fully saturated rings. The molecule has 4 aromatic rings. The zero-order valence-corrected chi connectivity index (χ0v) is 20.3. The molecule has 1 amide bonds. The number of para-hydroxylation sites is 2. The number of nitrogens with zero attached hydrogens (tertiary/aromatic N) is 3. The number of nitrogens with one attached hydrogen (secondary N) is 1. The van der Waals surface area contributed by atoms with E-state index in [1.165, 1.54) is 31.0 Å². The van der Waals surface area contributed by atoms with Crippen molar-refractivity contribution >= 4 is 39.6 Å². The van der Waals surface area contributed by atoms with Crippen molar-refractivity contribution in [3.05, 3.63) is 65.0 Å². The van der Waals surface area contributed by atoms with Crippen molar-refractivity contribution in [1.29, 1.82) is 0 Å². The summed E-state index contributed by atoms with van der Waals surface area (Å²) in [4.78, 5) is 31.7. The minimum atomic E-state index is -0.101. The molecule has 5 rings (SSSR count). The first-order chi connectivity index (χ1) is 16.7. The van der Waals surface area contributed by atoms with Crippen LogP contribution >= 0.6 is 11.8 Å². The SMILES string of the molecule is CCCn1c2ccccc2c2nc(SCC(=O)NC3CCCCC3)n(-c3ccccc3)c(=O)c21. The Balaban J connectivity index is 1.59. The summed E-state index contributed by atoms with van der Waals surface area (Å²) < 4.78 is 3.75. The highest BCUT2D eigenvalue weighted by Gasteiger charge is 2.22. The molecule has 0 unspecified atom stereocenters. The predicted octanol–water partition coefficient (Wildman–Crippen LogP) is 5.29. The second kappa shape index (κ2) is 10.1. The van der Waals surface area contributed by atoms with Crippen molar-refractivity contribution in [3.63, 3.8) is 0 Å². The quantitative estimate of drug-likeness (QED) is 0.292. The van der Waals surface area contributed by atoms with Crippen LogP contribution in [0, 0.1) is 0 Å². The van der Waals surface area contributed by atoms with E-state index >= 15 is 0 Å². The minimum Gasteiger partial charge on any atom is -0.353 e. The van der Waals surface area contributed by atoms with E-state index < -0.39 is 0 Å². The maximum Gasteiger partial charge on any atom is 0.283 e. The Bertz CT molecular complexity index is 1370. The topological polar surface area (TPSA) is 68.9 Å². The average Bonchev–Trinajstić information content (AvgIpc) is 3.18. The predicted molar refractivity (Wildman–Crippen MR) is 139 cm³/mol. The van der Waals surface area contributed by atoms with Crippen LogP contribution in [-0.2, 0) is 11.3 Å². The van der Waals surface area contributed by atoms with Crippen LogP contribution < -0.4 is 10.9 Å². The molecule has 2 aromatic carbocycles. The molecular formula is C27H30N4O2S. The van der Waals surface area contributed by atoms with Crippen LogP contribution in [0.15, 0.2) is 64.5 Å². The van der Waals surface area contributed by atoms with E-state index in [1.54, 1.807) is 4.57 Å². The summed E-state index contributed by atoms with van der Waals surface area (Å²) in [6, 6.07) is 17.9. The summed E-state index contributed by atoms with van der Waals surface area (Å²) in [5.41, 5.74) is 2.99. The molecule has 0 radical (unpaired) electrons. The third-order valence-electron chi connectivity index (χ3n) is 6.51. The fourth-order valence-corrected chi connectivity index (χ4v) is 5.77. The van der Waals surface area contributed by atoms with Gasteiger partial charge in [0.2, 0.25) is 5.91 Å². The van der Waals surface area contributed by atoms with Crippen LogP contribution in [0.3, 0.4) is 0 Å². The van der Waals surface area contributed by atoms with E-state index in [1.807, 2.05) is 54.6 Å². The van der Waals surface area contributed by atoms with E-state index in [9.17, 15) is 9.59 Å². The van der Waals surface area contributed by atoms with E-state index in [-0.39, 0.29) is 23.3 Å². The number of rotatable bonds is 7. The lowest BCUT2D eigenvalue weighted by Crippen LogP contribution is -2.37. The summed E-state index contributed by atoms with van der Waals surface area (Å²) in [5, 5.41) is 4.68. The lowest BCUT2D eigenvalue weighted by molar-refractivity contribution is -0.119. The van der Waals surface area contributed by atoms with Gasteiger partial charge in [0.05, 0.1) is 17.0 Å². The first-order valence-electron chi connectivity index (χ1n) is 12.2. The Morgan fingerprint density at radius 3 is 2.56 bits per heavy atom. The Kier molecular flexibility index (Phi) is 6.72. The van der Waals surface area contributed by atoms with Crippen LogP contribution in [0.1, 0.15) is 45.4 Å². The smallest absolute Gasteiger partial charge is 0.283 e. The Morgan fingerprint density at radius 1 is 1.06 bits per heavy atom. The zero-order chi connectivity index (χ0) is 23.5. The number of hydrogen-bond donors (Lipinski definition) is 1. The summed E-state index contributed by atoms with van der Waals surface area (Å²) in [7, 11) is 0. The maximum absolute atomic E-state index is 14.0. The number of fused-ring (bicyclic) bond motifs is 3. The third kappa shape index (κ3) is 4.37. The van der Waals surface area contributed by atoms with Gasteiger partial charge >= 0.3 is 0 Å². The summed E-state index contributed by atoms with van der Waals surface area (Å²) in [6.45, 7) is 2.85. The number of thioether (sulfide) groups is 1. The van der Waals surface area contributed by atoms with Crippen LogP contribution in [0.2, 0.25) is 0 Å². The molecule has 0 bridgehead atoms. The number of amides is 1. The molecular weight excluding hydrogens is 444 g/mol. The molecule has 1 aliphatic carbocycles. The van der Waals surface area contributed by atoms with Crippen molar-refractivity contribution in [3.8, 4) is 5.69 Å². The van der Waals surface area contributed by atoms with Gasteiger partial charge in [0.1, 0.15) is 11.0 Å². The first kappa shape index (κ1) is 22.7. The van der Waals surface area contributed by atoms with Gasteiger partial charge in [-0.25, -0.2) is 4.98 Å². The van der Waals surface area contributed by atoms with Gasteiger partial charge in [-0.3, -0.25) is 14.2 Å². The van der Waals surface area contributed by atoms with E-state index in [4.69, 9.17) is 4.98 Å². The zero-order valence-electron chi connectivity index (χ0n) is 19.5. The average molecular weight is 475 g/mol. The summed E-state index contributed by atoms with van der Waals surface area (Å²) in [6.07, 6.45) is 6.60. The molecule has 1 aliphatic rings. The number of hydrogen-bond acceptors (Lipinski definition) is 4. The standard InChI is InChI=1S/C27H30N4O2S/c1-2-17-30-22-16-10-9-15-21(22)24-25(30)26(33)31(20-13-7-4-8-14-20)27(29-24)34-18-23(32)28-19-11-5-3-6-12-19/h4,7-10,13-16,19H,2-3,5-6,11-12,17-18H2,1H3,(H,28,32). The fraction of sp³-hybridized carbons (Fsp3) is 0.370. The highest BCUT2D eigenvalue weighted by atomic mass is 32.2. The number of aryl methyl sites for hydroxylation is 1. The highest BCUT2D eigenvalue weighted by molar-refractivity contribution is 7.99. The summed E-state index contributed by atoms with van der Waals surface area (Å²) >= 11 is 1.33. The first-order valence-corrected chi connectivity index (χ1v) is 13.2. The van der Waals surface area contributed by atoms with Crippen molar-refractivity contribution in [2.75, 3.05) is 5.75 Å². The van der Waals surface area contributed by atoms with E-state index in [2.05, 4.69) is 16.8 Å². The molecule has 0 saturated heterocycles. The van der Waals surface area contributed by atoms with Gasteiger partial charge in [0.25, 0.3) is 5.56 Å². The van der Waals surface area contributed by atoms with Crippen molar-refractivity contribution < 1.29 is 4.79 Å². The van der Waals surface area contributed by atoms with E-state index in [0.717, 1.165) is 42.4 Å². The van der Waals surface area contributed by atoms with Crippen molar-refractivity contribution in [1.82, 2.24) is 19.4 Å². The third-order valence-corrected chi connectivity index (χ3v) is 7.45. The number of carbonyl (C=O) groups excluding carboxylic acids is 1. The molecule has 2 heterocycles. The maximum atomic E-state index is 14.0. The molecule has 6 nitrogen and oxygen atoms in total. The Labute approximate surface area is 203 Å². The van der Waals surface area contributed by atoms with Gasteiger partial charge in [0, 0.05) is 18.0 Å². The van der Waals surface area contributed by atoms with Crippen LogP contribution in [0.25, 0.3) is 27.6 Å². The molecule has 2 aromatic heterocycles. The highest BCUT2D eigenvalue weighted by Crippen LogP contribution is 2.29. The molecule has 1 N–H and O–H groups in total.